The standard InChI is InChI=1S/C28H23F2N3O3.ClH/c1-15-9-17(7-8-22(15)23-3-2-4-24(29)25(23)30)27-31-26(32-36-27)16-5-6-18-13-33(14-20(18)10-16)21-11-19(12-21)28(34)35;/h2-10,19,21H,11-14H2,1H3,(H,34,35);1H. The van der Waals surface area contributed by atoms with Crippen molar-refractivity contribution in [3.8, 4) is 34.0 Å². The van der Waals surface area contributed by atoms with Gasteiger partial charge in [-0.2, -0.15) is 4.98 Å². The summed E-state index contributed by atoms with van der Waals surface area (Å²) < 4.78 is 33.5. The highest BCUT2D eigenvalue weighted by molar-refractivity contribution is 5.85. The second kappa shape index (κ2) is 9.68. The number of halogens is 3. The highest BCUT2D eigenvalue weighted by Gasteiger charge is 2.39. The summed E-state index contributed by atoms with van der Waals surface area (Å²) >= 11 is 0. The fourth-order valence-corrected chi connectivity index (χ4v) is 5.17. The summed E-state index contributed by atoms with van der Waals surface area (Å²) in [6, 6.07) is 15.9. The Morgan fingerprint density at radius 2 is 1.76 bits per heavy atom. The molecule has 1 saturated carbocycles. The van der Waals surface area contributed by atoms with Crippen LogP contribution in [0.3, 0.4) is 0 Å². The quantitative estimate of drug-likeness (QED) is 0.333. The summed E-state index contributed by atoms with van der Waals surface area (Å²) in [5.74, 6) is -1.87. The number of aliphatic carboxylic acids is 1. The summed E-state index contributed by atoms with van der Waals surface area (Å²) in [6.45, 7) is 3.43. The van der Waals surface area contributed by atoms with E-state index in [1.165, 1.54) is 17.2 Å². The van der Waals surface area contributed by atoms with Gasteiger partial charge < -0.3 is 9.63 Å². The summed E-state index contributed by atoms with van der Waals surface area (Å²) in [6.07, 6.45) is 1.41. The number of benzene rings is 3. The summed E-state index contributed by atoms with van der Waals surface area (Å²) in [7, 11) is 0. The number of aromatic nitrogens is 2. The number of hydrogen-bond acceptors (Lipinski definition) is 5. The predicted octanol–water partition coefficient (Wildman–Crippen LogP) is 6.26. The Kier molecular flexibility index (Phi) is 6.56. The van der Waals surface area contributed by atoms with Crippen LogP contribution in [0, 0.1) is 24.5 Å². The van der Waals surface area contributed by atoms with Gasteiger partial charge in [-0.3, -0.25) is 9.69 Å². The minimum absolute atomic E-state index is 0. The van der Waals surface area contributed by atoms with E-state index in [9.17, 15) is 13.6 Å². The molecule has 2 aliphatic rings. The van der Waals surface area contributed by atoms with Crippen molar-refractivity contribution in [1.29, 1.82) is 0 Å². The highest BCUT2D eigenvalue weighted by Crippen LogP contribution is 2.38. The van der Waals surface area contributed by atoms with E-state index in [0.29, 0.717) is 41.7 Å². The van der Waals surface area contributed by atoms with Gasteiger partial charge in [0.25, 0.3) is 5.89 Å². The first-order valence-electron chi connectivity index (χ1n) is 11.9. The van der Waals surface area contributed by atoms with Crippen LogP contribution in [0.4, 0.5) is 8.78 Å². The molecule has 1 aliphatic heterocycles. The fourth-order valence-electron chi connectivity index (χ4n) is 5.17. The second-order valence-corrected chi connectivity index (χ2v) is 9.60. The van der Waals surface area contributed by atoms with Crippen LogP contribution in [0.5, 0.6) is 0 Å². The zero-order valence-corrected chi connectivity index (χ0v) is 20.8. The first kappa shape index (κ1) is 25.0. The Balaban J connectivity index is 0.00000280. The molecule has 0 spiro atoms. The lowest BCUT2D eigenvalue weighted by molar-refractivity contribution is -0.147. The molecule has 1 fully saturated rings. The first-order valence-corrected chi connectivity index (χ1v) is 11.9. The molecule has 2 heterocycles. The summed E-state index contributed by atoms with van der Waals surface area (Å²) in [4.78, 5) is 18.0. The third-order valence-electron chi connectivity index (χ3n) is 7.33. The smallest absolute Gasteiger partial charge is 0.306 e. The first-order chi connectivity index (χ1) is 17.4. The number of carboxylic acids is 1. The normalized spacial score (nSPS) is 18.7. The van der Waals surface area contributed by atoms with E-state index in [0.717, 1.165) is 30.3 Å². The van der Waals surface area contributed by atoms with Gasteiger partial charge in [0.15, 0.2) is 11.6 Å². The molecule has 6 nitrogen and oxygen atoms in total. The Morgan fingerprint density at radius 1 is 1.00 bits per heavy atom. The van der Waals surface area contributed by atoms with Crippen LogP contribution in [0.1, 0.15) is 29.5 Å². The molecule has 0 radical (unpaired) electrons. The number of hydrogen-bond donors (Lipinski definition) is 1. The van der Waals surface area contributed by atoms with Crippen LogP contribution in [-0.4, -0.2) is 32.2 Å². The predicted molar refractivity (Wildman–Crippen MR) is 136 cm³/mol. The molecule has 190 valence electrons. The van der Waals surface area contributed by atoms with Crippen molar-refractivity contribution in [1.82, 2.24) is 15.0 Å². The van der Waals surface area contributed by atoms with Crippen molar-refractivity contribution in [2.75, 3.05) is 0 Å². The van der Waals surface area contributed by atoms with Gasteiger partial charge in [-0.15, -0.1) is 12.4 Å². The van der Waals surface area contributed by atoms with Crippen LogP contribution < -0.4 is 0 Å². The summed E-state index contributed by atoms with van der Waals surface area (Å²) in [5.41, 5.74) is 5.52. The van der Waals surface area contributed by atoms with E-state index in [2.05, 4.69) is 27.2 Å². The fraction of sp³-hybridized carbons (Fsp3) is 0.250. The maximum absolute atomic E-state index is 14.3. The van der Waals surface area contributed by atoms with Gasteiger partial charge in [0.05, 0.1) is 5.92 Å². The zero-order chi connectivity index (χ0) is 25.0. The highest BCUT2D eigenvalue weighted by atomic mass is 35.5. The zero-order valence-electron chi connectivity index (χ0n) is 19.9. The SMILES string of the molecule is Cc1cc(-c2nc(-c3ccc4c(c3)CN(C3CC(C(=O)O)C3)C4)no2)ccc1-c1cccc(F)c1F.Cl. The molecule has 0 bridgehead atoms. The van der Waals surface area contributed by atoms with Gasteiger partial charge >= 0.3 is 5.97 Å². The van der Waals surface area contributed by atoms with E-state index >= 15 is 0 Å². The molecule has 0 unspecified atom stereocenters. The number of carbonyl (C=O) groups is 1. The van der Waals surface area contributed by atoms with Gasteiger partial charge in [0.1, 0.15) is 0 Å². The van der Waals surface area contributed by atoms with Crippen LogP contribution >= 0.6 is 12.4 Å². The Hall–Kier alpha value is -3.62. The van der Waals surface area contributed by atoms with Gasteiger partial charge in [0.2, 0.25) is 5.82 Å². The molecule has 37 heavy (non-hydrogen) atoms. The Morgan fingerprint density at radius 3 is 2.51 bits per heavy atom. The molecule has 1 aromatic heterocycles. The molecular weight excluding hydrogens is 500 g/mol. The van der Waals surface area contributed by atoms with Crippen molar-refractivity contribution in [3.63, 3.8) is 0 Å². The van der Waals surface area contributed by atoms with Crippen LogP contribution in [0.15, 0.2) is 59.1 Å². The van der Waals surface area contributed by atoms with Gasteiger partial charge in [-0.25, -0.2) is 8.78 Å². The lowest BCUT2D eigenvalue weighted by Gasteiger charge is -2.39. The average Bonchev–Trinajstić information content (AvgIpc) is 3.47. The Bertz CT molecular complexity index is 1500. The van der Waals surface area contributed by atoms with Crippen molar-refractivity contribution in [2.45, 2.75) is 38.9 Å². The van der Waals surface area contributed by atoms with Crippen LogP contribution in [-0.2, 0) is 17.9 Å². The Labute approximate surface area is 218 Å². The summed E-state index contributed by atoms with van der Waals surface area (Å²) in [5, 5.41) is 13.3. The molecule has 4 aromatic rings. The minimum atomic E-state index is -0.882. The third kappa shape index (κ3) is 4.51. The average molecular weight is 524 g/mol. The van der Waals surface area contributed by atoms with Crippen molar-refractivity contribution < 1.29 is 23.2 Å². The molecule has 0 amide bonds. The van der Waals surface area contributed by atoms with Crippen molar-refractivity contribution in [3.05, 3.63) is 82.9 Å². The van der Waals surface area contributed by atoms with Crippen LogP contribution in [0.25, 0.3) is 34.0 Å². The maximum Gasteiger partial charge on any atom is 0.306 e. The van der Waals surface area contributed by atoms with Gasteiger partial charge in [-0.1, -0.05) is 35.5 Å². The molecule has 9 heteroatoms. The largest absolute Gasteiger partial charge is 0.481 e. The third-order valence-corrected chi connectivity index (χ3v) is 7.33. The number of rotatable bonds is 5. The van der Waals surface area contributed by atoms with Gasteiger partial charge in [-0.05, 0) is 66.3 Å². The minimum Gasteiger partial charge on any atom is -0.481 e. The number of nitrogens with zero attached hydrogens (tertiary/aromatic N) is 3. The number of carboxylic acid groups (broad SMARTS) is 1. The number of fused-ring (bicyclic) bond motifs is 1. The number of aryl methyl sites for hydroxylation is 1. The molecule has 3 aromatic carbocycles. The van der Waals surface area contributed by atoms with E-state index in [-0.39, 0.29) is 23.9 Å². The van der Waals surface area contributed by atoms with E-state index < -0.39 is 17.6 Å². The van der Waals surface area contributed by atoms with E-state index in [4.69, 9.17) is 9.63 Å². The molecule has 6 rings (SSSR count). The van der Waals surface area contributed by atoms with Crippen molar-refractivity contribution >= 4 is 18.4 Å². The molecule has 1 N–H and O–H groups in total. The molecule has 1 aliphatic carbocycles. The second-order valence-electron chi connectivity index (χ2n) is 9.60. The molecule has 0 saturated heterocycles. The molecular formula is C28H24ClF2N3O3. The van der Waals surface area contributed by atoms with E-state index in [1.54, 1.807) is 18.2 Å². The lowest BCUT2D eigenvalue weighted by atomic mass is 9.79. The van der Waals surface area contributed by atoms with Crippen molar-refractivity contribution in [2.24, 2.45) is 5.92 Å². The van der Waals surface area contributed by atoms with Crippen LogP contribution in [0.2, 0.25) is 0 Å². The lowest BCUT2D eigenvalue weighted by Crippen LogP contribution is -2.44. The van der Waals surface area contributed by atoms with E-state index in [1.807, 2.05) is 19.1 Å². The topological polar surface area (TPSA) is 79.5 Å². The maximum atomic E-state index is 14.3. The van der Waals surface area contributed by atoms with Gasteiger partial charge in [0, 0.05) is 35.8 Å². The monoisotopic (exact) mass is 523 g/mol. The molecule has 0 atom stereocenters.